The maximum Gasteiger partial charge on any atom is 0.171 e. The fourth-order valence-corrected chi connectivity index (χ4v) is 1.88. The molecule has 0 aliphatic heterocycles. The van der Waals surface area contributed by atoms with E-state index in [-0.39, 0.29) is 5.78 Å². The number of Topliss-reactive ketones (excluding diaryl/α,β-unsaturated/α-hetero) is 1. The molecule has 1 aromatic carbocycles. The van der Waals surface area contributed by atoms with Crippen LogP contribution in [0.4, 0.5) is 0 Å². The SMILES string of the molecule is CC1(C)C(=O)c2ccccc2CC1O. The lowest BCUT2D eigenvalue weighted by molar-refractivity contribution is 0.0349. The van der Waals surface area contributed by atoms with Crippen molar-refractivity contribution in [2.24, 2.45) is 5.41 Å². The van der Waals surface area contributed by atoms with Crippen LogP contribution in [0.25, 0.3) is 0 Å². The van der Waals surface area contributed by atoms with E-state index in [1.165, 1.54) is 0 Å². The van der Waals surface area contributed by atoms with E-state index in [4.69, 9.17) is 0 Å². The molecule has 74 valence electrons. The number of aliphatic hydroxyl groups excluding tert-OH is 1. The molecule has 2 nitrogen and oxygen atoms in total. The summed E-state index contributed by atoms with van der Waals surface area (Å²) >= 11 is 0. The summed E-state index contributed by atoms with van der Waals surface area (Å²) < 4.78 is 0. The van der Waals surface area contributed by atoms with Gasteiger partial charge in [0.2, 0.25) is 0 Å². The molecule has 0 spiro atoms. The van der Waals surface area contributed by atoms with Crippen molar-refractivity contribution >= 4 is 5.78 Å². The van der Waals surface area contributed by atoms with Crippen molar-refractivity contribution in [3.8, 4) is 0 Å². The van der Waals surface area contributed by atoms with Gasteiger partial charge in [0, 0.05) is 12.0 Å². The van der Waals surface area contributed by atoms with Crippen molar-refractivity contribution in [1.82, 2.24) is 0 Å². The highest BCUT2D eigenvalue weighted by Crippen LogP contribution is 2.34. The van der Waals surface area contributed by atoms with Crippen molar-refractivity contribution in [2.75, 3.05) is 0 Å². The molecule has 1 atom stereocenters. The standard InChI is InChI=1S/C12H14O2/c1-12(2)10(13)7-8-5-3-4-6-9(8)11(12)14/h3-6,10,13H,7H2,1-2H3. The van der Waals surface area contributed by atoms with E-state index < -0.39 is 11.5 Å². The van der Waals surface area contributed by atoms with Gasteiger partial charge in [-0.15, -0.1) is 0 Å². The Morgan fingerprint density at radius 2 is 2.00 bits per heavy atom. The lowest BCUT2D eigenvalue weighted by atomic mass is 9.71. The van der Waals surface area contributed by atoms with E-state index in [1.54, 1.807) is 13.8 Å². The summed E-state index contributed by atoms with van der Waals surface area (Å²) in [6.07, 6.45) is 0.0134. The third kappa shape index (κ3) is 1.18. The van der Waals surface area contributed by atoms with Crippen molar-refractivity contribution in [3.05, 3.63) is 35.4 Å². The lowest BCUT2D eigenvalue weighted by Crippen LogP contribution is -2.42. The molecule has 0 amide bonds. The van der Waals surface area contributed by atoms with E-state index in [0.29, 0.717) is 6.42 Å². The summed E-state index contributed by atoms with van der Waals surface area (Å²) in [6, 6.07) is 7.51. The fraction of sp³-hybridized carbons (Fsp3) is 0.417. The fourth-order valence-electron chi connectivity index (χ4n) is 1.88. The molecular formula is C12H14O2. The highest BCUT2D eigenvalue weighted by molar-refractivity contribution is 6.02. The number of aliphatic hydroxyl groups is 1. The molecule has 0 saturated carbocycles. The molecule has 14 heavy (non-hydrogen) atoms. The van der Waals surface area contributed by atoms with Gasteiger partial charge in [-0.2, -0.15) is 0 Å². The zero-order valence-corrected chi connectivity index (χ0v) is 8.45. The predicted molar refractivity (Wildman–Crippen MR) is 54.3 cm³/mol. The molecular weight excluding hydrogens is 176 g/mol. The van der Waals surface area contributed by atoms with Gasteiger partial charge in [-0.05, 0) is 5.56 Å². The Labute approximate surface area is 83.6 Å². The molecule has 0 heterocycles. The highest BCUT2D eigenvalue weighted by Gasteiger charge is 2.40. The Balaban J connectivity index is 2.55. The number of carbonyl (C=O) groups excluding carboxylic acids is 1. The van der Waals surface area contributed by atoms with Gasteiger partial charge < -0.3 is 5.11 Å². The van der Waals surface area contributed by atoms with E-state index in [0.717, 1.165) is 11.1 Å². The molecule has 0 aromatic heterocycles. The number of benzene rings is 1. The van der Waals surface area contributed by atoms with Crippen LogP contribution in [0.5, 0.6) is 0 Å². The Kier molecular flexibility index (Phi) is 1.96. The number of ketones is 1. The minimum Gasteiger partial charge on any atom is -0.392 e. The van der Waals surface area contributed by atoms with Gasteiger partial charge in [-0.25, -0.2) is 0 Å². The van der Waals surface area contributed by atoms with Crippen LogP contribution in [0.2, 0.25) is 0 Å². The van der Waals surface area contributed by atoms with Crippen LogP contribution in [0.3, 0.4) is 0 Å². The molecule has 1 aliphatic carbocycles. The van der Waals surface area contributed by atoms with Gasteiger partial charge in [0.25, 0.3) is 0 Å². The Hall–Kier alpha value is -1.15. The average Bonchev–Trinajstić information content (AvgIpc) is 2.15. The third-order valence-electron chi connectivity index (χ3n) is 3.09. The normalized spacial score (nSPS) is 24.5. The van der Waals surface area contributed by atoms with Crippen LogP contribution >= 0.6 is 0 Å². The molecule has 1 N–H and O–H groups in total. The van der Waals surface area contributed by atoms with Crippen molar-refractivity contribution in [1.29, 1.82) is 0 Å². The Morgan fingerprint density at radius 3 is 2.71 bits per heavy atom. The van der Waals surface area contributed by atoms with Gasteiger partial charge in [-0.1, -0.05) is 38.1 Å². The first kappa shape index (κ1) is 9.41. The average molecular weight is 190 g/mol. The second-order valence-electron chi connectivity index (χ2n) is 4.43. The van der Waals surface area contributed by atoms with Gasteiger partial charge >= 0.3 is 0 Å². The van der Waals surface area contributed by atoms with Crippen LogP contribution in [-0.4, -0.2) is 17.0 Å². The number of hydrogen-bond donors (Lipinski definition) is 1. The largest absolute Gasteiger partial charge is 0.392 e. The van der Waals surface area contributed by atoms with Gasteiger partial charge in [-0.3, -0.25) is 4.79 Å². The van der Waals surface area contributed by atoms with Gasteiger partial charge in [0.1, 0.15) is 0 Å². The van der Waals surface area contributed by atoms with E-state index in [1.807, 2.05) is 24.3 Å². The predicted octanol–water partition coefficient (Wildman–Crippen LogP) is 1.81. The van der Waals surface area contributed by atoms with Gasteiger partial charge in [0.15, 0.2) is 5.78 Å². The molecule has 2 rings (SSSR count). The number of hydrogen-bond acceptors (Lipinski definition) is 2. The molecule has 0 fully saturated rings. The van der Waals surface area contributed by atoms with Crippen molar-refractivity contribution < 1.29 is 9.90 Å². The third-order valence-corrected chi connectivity index (χ3v) is 3.09. The first-order valence-corrected chi connectivity index (χ1v) is 4.84. The number of carbonyl (C=O) groups is 1. The summed E-state index contributed by atoms with van der Waals surface area (Å²) in [5.41, 5.74) is 1.08. The van der Waals surface area contributed by atoms with E-state index >= 15 is 0 Å². The maximum absolute atomic E-state index is 12.0. The Bertz CT molecular complexity index is 380. The topological polar surface area (TPSA) is 37.3 Å². The van der Waals surface area contributed by atoms with Crippen LogP contribution in [0, 0.1) is 5.41 Å². The summed E-state index contributed by atoms with van der Waals surface area (Å²) in [7, 11) is 0. The molecule has 0 saturated heterocycles. The Morgan fingerprint density at radius 1 is 1.36 bits per heavy atom. The van der Waals surface area contributed by atoms with Crippen LogP contribution < -0.4 is 0 Å². The minimum absolute atomic E-state index is 0.0480. The number of fused-ring (bicyclic) bond motifs is 1. The summed E-state index contributed by atoms with van der Waals surface area (Å²) in [6.45, 7) is 3.60. The second-order valence-corrected chi connectivity index (χ2v) is 4.43. The van der Waals surface area contributed by atoms with Crippen molar-refractivity contribution in [3.63, 3.8) is 0 Å². The maximum atomic E-state index is 12.0. The van der Waals surface area contributed by atoms with Crippen LogP contribution in [0.15, 0.2) is 24.3 Å². The zero-order valence-electron chi connectivity index (χ0n) is 8.45. The quantitative estimate of drug-likeness (QED) is 0.677. The lowest BCUT2D eigenvalue weighted by Gasteiger charge is -2.34. The molecule has 1 aliphatic rings. The van der Waals surface area contributed by atoms with Crippen LogP contribution in [0.1, 0.15) is 29.8 Å². The molecule has 1 aromatic rings. The molecule has 2 heteroatoms. The molecule has 0 bridgehead atoms. The summed E-state index contributed by atoms with van der Waals surface area (Å²) in [4.78, 5) is 12.0. The van der Waals surface area contributed by atoms with Gasteiger partial charge in [0.05, 0.1) is 11.5 Å². The first-order valence-electron chi connectivity index (χ1n) is 4.84. The number of rotatable bonds is 0. The zero-order chi connectivity index (χ0) is 10.3. The van der Waals surface area contributed by atoms with E-state index in [9.17, 15) is 9.90 Å². The summed E-state index contributed by atoms with van der Waals surface area (Å²) in [5.74, 6) is 0.0480. The van der Waals surface area contributed by atoms with E-state index in [2.05, 4.69) is 0 Å². The summed E-state index contributed by atoms with van der Waals surface area (Å²) in [5, 5.41) is 9.83. The highest BCUT2D eigenvalue weighted by atomic mass is 16.3. The monoisotopic (exact) mass is 190 g/mol. The second kappa shape index (κ2) is 2.92. The van der Waals surface area contributed by atoms with Crippen molar-refractivity contribution in [2.45, 2.75) is 26.4 Å². The minimum atomic E-state index is -0.644. The van der Waals surface area contributed by atoms with Crippen LogP contribution in [-0.2, 0) is 6.42 Å². The smallest absolute Gasteiger partial charge is 0.171 e. The molecule has 1 unspecified atom stereocenters. The molecule has 0 radical (unpaired) electrons. The first-order chi connectivity index (χ1) is 6.53.